The molecule has 106 valence electrons. The lowest BCUT2D eigenvalue weighted by molar-refractivity contribution is 0.601. The number of anilines is 1. The second-order valence-corrected chi connectivity index (χ2v) is 7.89. The minimum Gasteiger partial charge on any atom is -0.276 e. The van der Waals surface area contributed by atoms with Crippen LogP contribution in [-0.4, -0.2) is 13.4 Å². The summed E-state index contributed by atoms with van der Waals surface area (Å²) in [5, 5.41) is 0.482. The van der Waals surface area contributed by atoms with Gasteiger partial charge in [-0.05, 0) is 56.1 Å². The Bertz CT molecular complexity index is 769. The second-order valence-electron chi connectivity index (χ2n) is 3.67. The number of nitrogens with zero attached hydrogens (tertiary/aromatic N) is 1. The first-order valence-electron chi connectivity index (χ1n) is 5.08. The van der Waals surface area contributed by atoms with E-state index < -0.39 is 10.0 Å². The zero-order chi connectivity index (χ0) is 14.9. The number of halogens is 4. The quantitative estimate of drug-likeness (QED) is 0.674. The van der Waals surface area contributed by atoms with E-state index in [0.717, 1.165) is 0 Å². The summed E-state index contributed by atoms with van der Waals surface area (Å²) in [4.78, 5) is 3.91. The molecular formula is C11H6Br2Cl2N2O2S. The van der Waals surface area contributed by atoms with Crippen molar-refractivity contribution in [2.24, 2.45) is 0 Å². The van der Waals surface area contributed by atoms with Crippen LogP contribution < -0.4 is 4.72 Å². The summed E-state index contributed by atoms with van der Waals surface area (Å²) in [6.07, 6.45) is 1.47. The Morgan fingerprint density at radius 3 is 2.50 bits per heavy atom. The maximum absolute atomic E-state index is 12.3. The van der Waals surface area contributed by atoms with Crippen LogP contribution in [-0.2, 0) is 10.0 Å². The van der Waals surface area contributed by atoms with Crippen LogP contribution in [0.4, 0.5) is 5.69 Å². The summed E-state index contributed by atoms with van der Waals surface area (Å²) >= 11 is 18.1. The zero-order valence-corrected chi connectivity index (χ0v) is 15.1. The van der Waals surface area contributed by atoms with Crippen LogP contribution in [0, 0.1) is 0 Å². The Labute approximate surface area is 142 Å². The molecule has 0 aliphatic heterocycles. The molecule has 0 saturated heterocycles. The van der Waals surface area contributed by atoms with Crippen LogP contribution in [0.3, 0.4) is 0 Å². The summed E-state index contributed by atoms with van der Waals surface area (Å²) in [5.74, 6) is 0. The molecule has 0 aliphatic rings. The number of rotatable bonds is 3. The van der Waals surface area contributed by atoms with Crippen LogP contribution in [0.25, 0.3) is 0 Å². The molecule has 0 spiro atoms. The van der Waals surface area contributed by atoms with Gasteiger partial charge in [-0.25, -0.2) is 13.4 Å². The van der Waals surface area contributed by atoms with E-state index in [-0.39, 0.29) is 15.7 Å². The summed E-state index contributed by atoms with van der Waals surface area (Å²) in [6.45, 7) is 0. The zero-order valence-electron chi connectivity index (χ0n) is 9.57. The molecule has 0 saturated carbocycles. The predicted octanol–water partition coefficient (Wildman–Crippen LogP) is 4.71. The summed E-state index contributed by atoms with van der Waals surface area (Å²) < 4.78 is 28.0. The van der Waals surface area contributed by atoms with Gasteiger partial charge in [-0.2, -0.15) is 0 Å². The van der Waals surface area contributed by atoms with Gasteiger partial charge in [-0.15, -0.1) is 0 Å². The van der Waals surface area contributed by atoms with E-state index >= 15 is 0 Å². The van der Waals surface area contributed by atoms with Gasteiger partial charge in [0.2, 0.25) is 0 Å². The third-order valence-corrected chi connectivity index (χ3v) is 5.56. The maximum Gasteiger partial charge on any atom is 0.262 e. The predicted molar refractivity (Wildman–Crippen MR) is 86.9 cm³/mol. The molecule has 0 radical (unpaired) electrons. The van der Waals surface area contributed by atoms with E-state index in [1.807, 2.05) is 0 Å². The Kier molecular flexibility index (Phi) is 4.96. The molecule has 0 unspecified atom stereocenters. The number of sulfonamides is 1. The fourth-order valence-corrected chi connectivity index (χ4v) is 3.61. The van der Waals surface area contributed by atoms with Gasteiger partial charge in [-0.3, -0.25) is 4.72 Å². The highest BCUT2D eigenvalue weighted by atomic mass is 79.9. The first-order chi connectivity index (χ1) is 9.29. The highest BCUT2D eigenvalue weighted by molar-refractivity contribution is 9.10. The van der Waals surface area contributed by atoms with Gasteiger partial charge in [0.05, 0.1) is 15.6 Å². The molecule has 2 aromatic rings. The van der Waals surface area contributed by atoms with Crippen LogP contribution in [0.1, 0.15) is 0 Å². The third kappa shape index (κ3) is 3.65. The number of aromatic nitrogens is 1. The summed E-state index contributed by atoms with van der Waals surface area (Å²) in [7, 11) is -3.78. The molecule has 2 rings (SSSR count). The van der Waals surface area contributed by atoms with Gasteiger partial charge in [0.1, 0.15) is 0 Å². The van der Waals surface area contributed by atoms with E-state index in [9.17, 15) is 8.42 Å². The molecular weight excluding hydrogens is 455 g/mol. The van der Waals surface area contributed by atoms with Gasteiger partial charge in [0.15, 0.2) is 5.15 Å². The summed E-state index contributed by atoms with van der Waals surface area (Å²) in [5.41, 5.74) is 0.187. The van der Waals surface area contributed by atoms with E-state index in [2.05, 4.69) is 41.6 Å². The first-order valence-corrected chi connectivity index (χ1v) is 8.91. The van der Waals surface area contributed by atoms with Crippen molar-refractivity contribution in [2.75, 3.05) is 4.72 Å². The molecule has 4 nitrogen and oxygen atoms in total. The minimum atomic E-state index is -3.78. The first kappa shape index (κ1) is 16.0. The van der Waals surface area contributed by atoms with Gasteiger partial charge in [-0.1, -0.05) is 23.2 Å². The van der Waals surface area contributed by atoms with Crippen LogP contribution >= 0.6 is 55.1 Å². The molecule has 0 bridgehead atoms. The van der Waals surface area contributed by atoms with Crippen molar-refractivity contribution >= 4 is 70.8 Å². The fraction of sp³-hybridized carbons (Fsp3) is 0. The monoisotopic (exact) mass is 458 g/mol. The third-order valence-electron chi connectivity index (χ3n) is 2.25. The number of benzene rings is 1. The van der Waals surface area contributed by atoms with E-state index in [0.29, 0.717) is 14.0 Å². The van der Waals surface area contributed by atoms with Crippen molar-refractivity contribution in [1.29, 1.82) is 0 Å². The highest BCUT2D eigenvalue weighted by Gasteiger charge is 2.17. The topological polar surface area (TPSA) is 59.1 Å². The van der Waals surface area contributed by atoms with Crippen LogP contribution in [0.2, 0.25) is 10.2 Å². The molecule has 20 heavy (non-hydrogen) atoms. The van der Waals surface area contributed by atoms with Crippen molar-refractivity contribution in [3.05, 3.63) is 49.6 Å². The smallest absolute Gasteiger partial charge is 0.262 e. The van der Waals surface area contributed by atoms with Gasteiger partial charge >= 0.3 is 0 Å². The van der Waals surface area contributed by atoms with Crippen LogP contribution in [0.15, 0.2) is 44.3 Å². The molecule has 1 aromatic heterocycles. The number of hydrogen-bond donors (Lipinski definition) is 1. The fourth-order valence-electron chi connectivity index (χ4n) is 1.34. The molecule has 9 heteroatoms. The molecule has 1 heterocycles. The van der Waals surface area contributed by atoms with Crippen molar-refractivity contribution in [1.82, 2.24) is 4.98 Å². The second kappa shape index (κ2) is 6.19. The van der Waals surface area contributed by atoms with Crippen molar-refractivity contribution in [2.45, 2.75) is 4.90 Å². The van der Waals surface area contributed by atoms with E-state index in [1.54, 1.807) is 0 Å². The SMILES string of the molecule is O=S(=O)(Nc1cc(Br)cnc1Cl)c1ccc(Cl)c(Br)c1. The lowest BCUT2D eigenvalue weighted by Gasteiger charge is -2.10. The van der Waals surface area contributed by atoms with Crippen LogP contribution in [0.5, 0.6) is 0 Å². The molecule has 1 N–H and O–H groups in total. The highest BCUT2D eigenvalue weighted by Crippen LogP contribution is 2.28. The number of nitrogens with one attached hydrogen (secondary N) is 1. The average Bonchev–Trinajstić information content (AvgIpc) is 2.36. The lowest BCUT2D eigenvalue weighted by atomic mass is 10.4. The largest absolute Gasteiger partial charge is 0.276 e. The standard InChI is InChI=1S/C11H6Br2Cl2N2O2S/c12-6-3-10(11(15)16-5-6)17-20(18,19)7-1-2-9(14)8(13)4-7/h1-5,17H. The molecule has 0 amide bonds. The normalized spacial score (nSPS) is 11.4. The van der Waals surface area contributed by atoms with E-state index in [4.69, 9.17) is 23.2 Å². The number of pyridine rings is 1. The molecule has 0 aliphatic carbocycles. The molecule has 1 aromatic carbocycles. The van der Waals surface area contributed by atoms with E-state index in [1.165, 1.54) is 30.5 Å². The molecule has 0 atom stereocenters. The Morgan fingerprint density at radius 1 is 1.15 bits per heavy atom. The Hall–Kier alpha value is -0.340. The van der Waals surface area contributed by atoms with Gasteiger partial charge in [0.25, 0.3) is 10.0 Å². The van der Waals surface area contributed by atoms with Gasteiger partial charge in [0, 0.05) is 15.1 Å². The van der Waals surface area contributed by atoms with Gasteiger partial charge < -0.3 is 0 Å². The molecule has 0 fully saturated rings. The minimum absolute atomic E-state index is 0.0600. The van der Waals surface area contributed by atoms with Crippen molar-refractivity contribution in [3.63, 3.8) is 0 Å². The van der Waals surface area contributed by atoms with Crippen molar-refractivity contribution in [3.8, 4) is 0 Å². The number of hydrogen-bond acceptors (Lipinski definition) is 3. The maximum atomic E-state index is 12.3. The van der Waals surface area contributed by atoms with Crippen molar-refractivity contribution < 1.29 is 8.42 Å². The summed E-state index contributed by atoms with van der Waals surface area (Å²) in [6, 6.07) is 5.82. The Balaban J connectivity index is 2.40. The average molecular weight is 461 g/mol. The Morgan fingerprint density at radius 2 is 1.85 bits per heavy atom. The lowest BCUT2D eigenvalue weighted by Crippen LogP contribution is -2.13.